The van der Waals surface area contributed by atoms with E-state index in [0.717, 1.165) is 47.2 Å². The number of unbranched alkanes of at least 4 members (excludes halogenated alkanes) is 2. The van der Waals surface area contributed by atoms with Crippen LogP contribution >= 0.6 is 0 Å². The maximum Gasteiger partial charge on any atom is 0.331 e. The van der Waals surface area contributed by atoms with Crippen molar-refractivity contribution >= 4 is 5.91 Å². The lowest BCUT2D eigenvalue weighted by molar-refractivity contribution is -0.130. The number of carbonyl (C=O) groups excluding carboxylic acids is 1. The van der Waals surface area contributed by atoms with E-state index in [1.807, 2.05) is 6.07 Å². The van der Waals surface area contributed by atoms with Gasteiger partial charge in [-0.05, 0) is 49.6 Å². The van der Waals surface area contributed by atoms with Crippen molar-refractivity contribution in [3.05, 3.63) is 74.9 Å². The quantitative estimate of drug-likeness (QED) is 0.528. The zero-order valence-corrected chi connectivity index (χ0v) is 17.7. The maximum absolute atomic E-state index is 13.0. The Hall–Kier alpha value is -3.49. The first-order valence-corrected chi connectivity index (χ1v) is 10.2. The van der Waals surface area contributed by atoms with Crippen LogP contribution in [0.25, 0.3) is 11.3 Å². The van der Waals surface area contributed by atoms with Crippen molar-refractivity contribution in [3.8, 4) is 11.3 Å². The van der Waals surface area contributed by atoms with Crippen LogP contribution in [0.4, 0.5) is 4.39 Å². The second kappa shape index (κ2) is 10.0. The molecule has 1 N–H and O–H groups in total. The summed E-state index contributed by atoms with van der Waals surface area (Å²) in [6, 6.07) is 9.46. The molecule has 0 bridgehead atoms. The molecule has 0 aliphatic carbocycles. The van der Waals surface area contributed by atoms with Gasteiger partial charge in [0.05, 0.1) is 5.69 Å². The summed E-state index contributed by atoms with van der Waals surface area (Å²) in [6.07, 6.45) is 4.89. The third kappa shape index (κ3) is 5.78. The van der Waals surface area contributed by atoms with Gasteiger partial charge in [0.2, 0.25) is 5.91 Å². The molecule has 0 aliphatic rings. The topological polar surface area (TPSA) is 93.0 Å². The first-order chi connectivity index (χ1) is 14.8. The molecule has 0 aliphatic heterocycles. The fourth-order valence-electron chi connectivity index (χ4n) is 3.23. The summed E-state index contributed by atoms with van der Waals surface area (Å²) in [7, 11) is 3.09. The number of nitrogens with zero attached hydrogens (tertiary/aromatic N) is 4. The van der Waals surface area contributed by atoms with Crippen LogP contribution in [-0.2, 0) is 24.8 Å². The van der Waals surface area contributed by atoms with Crippen molar-refractivity contribution in [3.63, 3.8) is 0 Å². The Balaban J connectivity index is 1.40. The van der Waals surface area contributed by atoms with Gasteiger partial charge in [-0.3, -0.25) is 23.8 Å². The van der Waals surface area contributed by atoms with E-state index >= 15 is 0 Å². The Morgan fingerprint density at radius 3 is 2.61 bits per heavy atom. The SMILES string of the molecule is CN(CCCCCc1cc(-c2ccc(F)cc2)n[nH]1)C(=O)Cn1ccc(=O)n(C)c1=O. The summed E-state index contributed by atoms with van der Waals surface area (Å²) in [5.41, 5.74) is 1.76. The van der Waals surface area contributed by atoms with Gasteiger partial charge in [0.15, 0.2) is 0 Å². The molecule has 2 heterocycles. The lowest BCUT2D eigenvalue weighted by atomic mass is 10.1. The third-order valence-electron chi connectivity index (χ3n) is 5.20. The average molecular weight is 427 g/mol. The summed E-state index contributed by atoms with van der Waals surface area (Å²) in [6.45, 7) is 0.493. The largest absolute Gasteiger partial charge is 0.344 e. The molecule has 0 saturated heterocycles. The van der Waals surface area contributed by atoms with E-state index in [1.165, 1.54) is 36.0 Å². The van der Waals surface area contributed by atoms with Crippen LogP contribution in [0, 0.1) is 5.82 Å². The minimum Gasteiger partial charge on any atom is -0.344 e. The number of H-pyrrole nitrogens is 1. The highest BCUT2D eigenvalue weighted by molar-refractivity contribution is 5.75. The normalized spacial score (nSPS) is 10.9. The highest BCUT2D eigenvalue weighted by Crippen LogP contribution is 2.18. The molecule has 1 aromatic carbocycles. The first kappa shape index (κ1) is 22.2. The number of aryl methyl sites for hydroxylation is 1. The van der Waals surface area contributed by atoms with Crippen LogP contribution in [0.1, 0.15) is 25.0 Å². The average Bonchev–Trinajstić information content (AvgIpc) is 3.23. The van der Waals surface area contributed by atoms with Gasteiger partial charge >= 0.3 is 5.69 Å². The van der Waals surface area contributed by atoms with Crippen LogP contribution in [0.15, 0.2) is 52.2 Å². The number of aromatic amines is 1. The summed E-state index contributed by atoms with van der Waals surface area (Å²) in [5.74, 6) is -0.456. The van der Waals surface area contributed by atoms with Crippen LogP contribution < -0.4 is 11.2 Å². The molecule has 0 saturated carbocycles. The minimum atomic E-state index is -0.506. The van der Waals surface area contributed by atoms with Crippen LogP contribution in [0.5, 0.6) is 0 Å². The lowest BCUT2D eigenvalue weighted by Gasteiger charge is -2.17. The van der Waals surface area contributed by atoms with Crippen LogP contribution in [0.3, 0.4) is 0 Å². The van der Waals surface area contributed by atoms with E-state index in [2.05, 4.69) is 10.2 Å². The molecule has 0 atom stereocenters. The number of likely N-dealkylation sites (N-methyl/N-ethyl adjacent to an activating group) is 1. The van der Waals surface area contributed by atoms with Crippen molar-refractivity contribution in [2.75, 3.05) is 13.6 Å². The van der Waals surface area contributed by atoms with Gasteiger partial charge < -0.3 is 4.90 Å². The number of hydrogen-bond acceptors (Lipinski definition) is 4. The number of nitrogens with one attached hydrogen (secondary N) is 1. The Bertz CT molecular complexity index is 1150. The molecule has 3 rings (SSSR count). The monoisotopic (exact) mass is 427 g/mol. The zero-order valence-electron chi connectivity index (χ0n) is 17.7. The first-order valence-electron chi connectivity index (χ1n) is 10.2. The smallest absolute Gasteiger partial charge is 0.331 e. The Morgan fingerprint density at radius 2 is 1.87 bits per heavy atom. The predicted molar refractivity (Wildman–Crippen MR) is 115 cm³/mol. The summed E-state index contributed by atoms with van der Waals surface area (Å²) < 4.78 is 15.2. The third-order valence-corrected chi connectivity index (χ3v) is 5.20. The van der Waals surface area contributed by atoms with Crippen LogP contribution in [0.2, 0.25) is 0 Å². The van der Waals surface area contributed by atoms with Crippen molar-refractivity contribution in [2.45, 2.75) is 32.2 Å². The number of halogens is 1. The molecule has 0 spiro atoms. The van der Waals surface area contributed by atoms with Crippen molar-refractivity contribution in [2.24, 2.45) is 7.05 Å². The molecular weight excluding hydrogens is 401 g/mol. The predicted octanol–water partition coefficient (Wildman–Crippen LogP) is 1.95. The molecule has 8 nitrogen and oxygen atoms in total. The van der Waals surface area contributed by atoms with Gasteiger partial charge in [-0.15, -0.1) is 0 Å². The summed E-state index contributed by atoms with van der Waals surface area (Å²) >= 11 is 0. The Labute approximate surface area is 178 Å². The summed E-state index contributed by atoms with van der Waals surface area (Å²) in [5, 5.41) is 7.29. The number of rotatable bonds is 9. The molecule has 2 aromatic heterocycles. The minimum absolute atomic E-state index is 0.0935. The fourth-order valence-corrected chi connectivity index (χ4v) is 3.23. The lowest BCUT2D eigenvalue weighted by Crippen LogP contribution is -2.40. The fraction of sp³-hybridized carbons (Fsp3) is 0.364. The standard InChI is InChI=1S/C22H26FN5O3/c1-26(21(30)15-28-13-11-20(29)27(2)22(28)31)12-5-3-4-6-18-14-19(25-24-18)16-7-9-17(23)10-8-16/h7-11,13-14H,3-6,12,15H2,1-2H3,(H,24,25). The molecule has 0 radical (unpaired) electrons. The van der Waals surface area contributed by atoms with Gasteiger partial charge in [0, 0.05) is 44.2 Å². The molecule has 0 fully saturated rings. The van der Waals surface area contributed by atoms with Gasteiger partial charge in [-0.2, -0.15) is 5.10 Å². The molecule has 31 heavy (non-hydrogen) atoms. The Kier molecular flexibility index (Phi) is 7.17. The van der Waals surface area contributed by atoms with Gasteiger partial charge in [-0.25, -0.2) is 9.18 Å². The number of hydrogen-bond donors (Lipinski definition) is 1. The van der Waals surface area contributed by atoms with Gasteiger partial charge in [0.25, 0.3) is 5.56 Å². The van der Waals surface area contributed by atoms with E-state index < -0.39 is 11.2 Å². The number of amides is 1. The van der Waals surface area contributed by atoms with Crippen LogP contribution in [-0.4, -0.2) is 43.7 Å². The number of aromatic nitrogens is 4. The second-order valence-electron chi connectivity index (χ2n) is 7.53. The summed E-state index contributed by atoms with van der Waals surface area (Å²) in [4.78, 5) is 37.4. The van der Waals surface area contributed by atoms with Crippen molar-refractivity contribution in [1.82, 2.24) is 24.2 Å². The van der Waals surface area contributed by atoms with E-state index in [4.69, 9.17) is 0 Å². The Morgan fingerprint density at radius 1 is 1.13 bits per heavy atom. The van der Waals surface area contributed by atoms with Gasteiger partial charge in [0.1, 0.15) is 12.4 Å². The van der Waals surface area contributed by atoms with E-state index in [-0.39, 0.29) is 18.3 Å². The van der Waals surface area contributed by atoms with E-state index in [0.29, 0.717) is 6.54 Å². The molecular formula is C22H26FN5O3. The van der Waals surface area contributed by atoms with Crippen molar-refractivity contribution in [1.29, 1.82) is 0 Å². The van der Waals surface area contributed by atoms with Crippen molar-refractivity contribution < 1.29 is 9.18 Å². The molecule has 164 valence electrons. The number of carbonyl (C=O) groups is 1. The highest BCUT2D eigenvalue weighted by atomic mass is 19.1. The molecule has 1 amide bonds. The zero-order chi connectivity index (χ0) is 22.4. The second-order valence-corrected chi connectivity index (χ2v) is 7.53. The molecule has 3 aromatic rings. The van der Waals surface area contributed by atoms with E-state index in [9.17, 15) is 18.8 Å². The van der Waals surface area contributed by atoms with Gasteiger partial charge in [-0.1, -0.05) is 6.42 Å². The van der Waals surface area contributed by atoms with E-state index in [1.54, 1.807) is 24.1 Å². The highest BCUT2D eigenvalue weighted by Gasteiger charge is 2.11. The molecule has 9 heteroatoms. The maximum atomic E-state index is 13.0. The molecule has 0 unspecified atom stereocenters. The number of benzene rings is 1.